The van der Waals surface area contributed by atoms with Gasteiger partial charge in [0, 0.05) is 19.4 Å². The first-order valence-electron chi connectivity index (χ1n) is 5.56. The molecule has 0 saturated carbocycles. The molecule has 1 rings (SSSR count). The molecule has 1 aromatic heterocycles. The predicted octanol–water partition coefficient (Wildman–Crippen LogP) is 2.09. The lowest BCUT2D eigenvalue weighted by Crippen LogP contribution is -2.11. The summed E-state index contributed by atoms with van der Waals surface area (Å²) in [6.07, 6.45) is 1.62. The minimum absolute atomic E-state index is 0.0476. The zero-order valence-electron chi connectivity index (χ0n) is 9.95. The average Bonchev–Trinajstić information content (AvgIpc) is 2.28. The standard InChI is InChI=1S/C11H19N3O/c1-5-9-12-10(6-2)14-11(13-9)8(4)15-7-3/h8H,5-7H2,1-4H3. The molecule has 0 aliphatic rings. The van der Waals surface area contributed by atoms with Crippen molar-refractivity contribution in [3.8, 4) is 0 Å². The smallest absolute Gasteiger partial charge is 0.161 e. The van der Waals surface area contributed by atoms with Gasteiger partial charge >= 0.3 is 0 Å². The maximum Gasteiger partial charge on any atom is 0.161 e. The molecule has 0 saturated heterocycles. The van der Waals surface area contributed by atoms with Crippen molar-refractivity contribution >= 4 is 0 Å². The first-order chi connectivity index (χ1) is 7.21. The van der Waals surface area contributed by atoms with Gasteiger partial charge in [-0.3, -0.25) is 0 Å². The molecule has 0 N–H and O–H groups in total. The topological polar surface area (TPSA) is 47.9 Å². The molecule has 0 radical (unpaired) electrons. The summed E-state index contributed by atoms with van der Waals surface area (Å²) in [5.74, 6) is 2.45. The van der Waals surface area contributed by atoms with Gasteiger partial charge in [-0.1, -0.05) is 13.8 Å². The van der Waals surface area contributed by atoms with Crippen LogP contribution in [-0.4, -0.2) is 21.6 Å². The third-order valence-corrected chi connectivity index (χ3v) is 2.16. The molecule has 4 heteroatoms. The monoisotopic (exact) mass is 209 g/mol. The first-order valence-corrected chi connectivity index (χ1v) is 5.56. The molecule has 0 amide bonds. The van der Waals surface area contributed by atoms with Crippen molar-refractivity contribution in [1.82, 2.24) is 15.0 Å². The second kappa shape index (κ2) is 5.75. The van der Waals surface area contributed by atoms with Gasteiger partial charge in [0.1, 0.15) is 17.8 Å². The molecule has 15 heavy (non-hydrogen) atoms. The van der Waals surface area contributed by atoms with E-state index in [1.807, 2.05) is 27.7 Å². The summed E-state index contributed by atoms with van der Waals surface area (Å²) >= 11 is 0. The molecule has 1 aromatic rings. The Bertz CT molecular complexity index is 292. The number of ether oxygens (including phenoxy) is 1. The number of hydrogen-bond acceptors (Lipinski definition) is 4. The van der Waals surface area contributed by atoms with Crippen LogP contribution in [0.2, 0.25) is 0 Å². The number of hydrogen-bond donors (Lipinski definition) is 0. The fraction of sp³-hybridized carbons (Fsp3) is 0.727. The average molecular weight is 209 g/mol. The van der Waals surface area contributed by atoms with E-state index in [2.05, 4.69) is 15.0 Å². The SMILES string of the molecule is CCOC(C)c1nc(CC)nc(CC)n1. The minimum Gasteiger partial charge on any atom is -0.371 e. The van der Waals surface area contributed by atoms with Crippen molar-refractivity contribution in [2.75, 3.05) is 6.61 Å². The van der Waals surface area contributed by atoms with Crippen molar-refractivity contribution in [1.29, 1.82) is 0 Å². The zero-order valence-corrected chi connectivity index (χ0v) is 9.95. The normalized spacial score (nSPS) is 12.8. The van der Waals surface area contributed by atoms with Gasteiger partial charge in [-0.15, -0.1) is 0 Å². The summed E-state index contributed by atoms with van der Waals surface area (Å²) in [7, 11) is 0. The molecule has 1 atom stereocenters. The fourth-order valence-electron chi connectivity index (χ4n) is 1.31. The molecule has 0 aliphatic carbocycles. The maximum absolute atomic E-state index is 5.47. The van der Waals surface area contributed by atoms with Crippen LogP contribution in [0, 0.1) is 0 Å². The Kier molecular flexibility index (Phi) is 4.62. The highest BCUT2D eigenvalue weighted by atomic mass is 16.5. The molecule has 0 fully saturated rings. The Morgan fingerprint density at radius 1 is 1.00 bits per heavy atom. The molecular weight excluding hydrogens is 190 g/mol. The highest BCUT2D eigenvalue weighted by Gasteiger charge is 2.11. The van der Waals surface area contributed by atoms with Crippen LogP contribution >= 0.6 is 0 Å². The Morgan fingerprint density at radius 3 is 1.93 bits per heavy atom. The molecule has 84 valence electrons. The van der Waals surface area contributed by atoms with Crippen LogP contribution in [0.5, 0.6) is 0 Å². The van der Waals surface area contributed by atoms with Gasteiger partial charge in [0.2, 0.25) is 0 Å². The highest BCUT2D eigenvalue weighted by molar-refractivity contribution is 4.99. The predicted molar refractivity (Wildman–Crippen MR) is 58.6 cm³/mol. The Labute approximate surface area is 91.1 Å². The summed E-state index contributed by atoms with van der Waals surface area (Å²) in [5, 5.41) is 0. The number of aryl methyl sites for hydroxylation is 2. The van der Waals surface area contributed by atoms with Gasteiger partial charge in [0.25, 0.3) is 0 Å². The molecule has 1 unspecified atom stereocenters. The van der Waals surface area contributed by atoms with Crippen molar-refractivity contribution in [3.05, 3.63) is 17.5 Å². The van der Waals surface area contributed by atoms with Gasteiger partial charge in [-0.05, 0) is 13.8 Å². The summed E-state index contributed by atoms with van der Waals surface area (Å²) in [6.45, 7) is 8.71. The van der Waals surface area contributed by atoms with E-state index in [1.54, 1.807) is 0 Å². The van der Waals surface area contributed by atoms with Crippen molar-refractivity contribution in [2.45, 2.75) is 46.6 Å². The van der Waals surface area contributed by atoms with Gasteiger partial charge in [-0.25, -0.2) is 15.0 Å². The second-order valence-corrected chi connectivity index (χ2v) is 3.33. The van der Waals surface area contributed by atoms with Crippen molar-refractivity contribution in [3.63, 3.8) is 0 Å². The third-order valence-electron chi connectivity index (χ3n) is 2.16. The Hall–Kier alpha value is -1.03. The summed E-state index contributed by atoms with van der Waals surface area (Å²) in [4.78, 5) is 13.1. The quantitative estimate of drug-likeness (QED) is 0.745. The van der Waals surface area contributed by atoms with Crippen LogP contribution in [0.4, 0.5) is 0 Å². The van der Waals surface area contributed by atoms with Gasteiger partial charge in [0.05, 0.1) is 0 Å². The third kappa shape index (κ3) is 3.23. The second-order valence-electron chi connectivity index (χ2n) is 3.33. The largest absolute Gasteiger partial charge is 0.371 e. The lowest BCUT2D eigenvalue weighted by Gasteiger charge is -2.11. The van der Waals surface area contributed by atoms with Crippen molar-refractivity contribution < 1.29 is 4.74 Å². The summed E-state index contributed by atoms with van der Waals surface area (Å²) in [6, 6.07) is 0. The van der Waals surface area contributed by atoms with E-state index >= 15 is 0 Å². The summed E-state index contributed by atoms with van der Waals surface area (Å²) in [5.41, 5.74) is 0. The van der Waals surface area contributed by atoms with Crippen LogP contribution in [-0.2, 0) is 17.6 Å². The van der Waals surface area contributed by atoms with Crippen LogP contribution < -0.4 is 0 Å². The maximum atomic E-state index is 5.47. The van der Waals surface area contributed by atoms with Crippen LogP contribution in [0.1, 0.15) is 51.3 Å². The molecule has 4 nitrogen and oxygen atoms in total. The number of nitrogens with zero attached hydrogens (tertiary/aromatic N) is 3. The lowest BCUT2D eigenvalue weighted by atomic mass is 10.3. The first kappa shape index (κ1) is 12.0. The highest BCUT2D eigenvalue weighted by Crippen LogP contribution is 2.12. The van der Waals surface area contributed by atoms with Crippen LogP contribution in [0.15, 0.2) is 0 Å². The van der Waals surface area contributed by atoms with E-state index in [0.717, 1.165) is 30.3 Å². The fourth-order valence-corrected chi connectivity index (χ4v) is 1.31. The lowest BCUT2D eigenvalue weighted by molar-refractivity contribution is 0.0695. The molecule has 0 spiro atoms. The molecule has 1 heterocycles. The zero-order chi connectivity index (χ0) is 11.3. The van der Waals surface area contributed by atoms with E-state index in [9.17, 15) is 0 Å². The van der Waals surface area contributed by atoms with Crippen LogP contribution in [0.3, 0.4) is 0 Å². The van der Waals surface area contributed by atoms with E-state index in [1.165, 1.54) is 0 Å². The molecule has 0 aromatic carbocycles. The summed E-state index contributed by atoms with van der Waals surface area (Å²) < 4.78 is 5.47. The van der Waals surface area contributed by atoms with Gasteiger partial charge < -0.3 is 4.74 Å². The van der Waals surface area contributed by atoms with E-state index in [4.69, 9.17) is 4.74 Å². The van der Waals surface area contributed by atoms with E-state index in [0.29, 0.717) is 6.61 Å². The van der Waals surface area contributed by atoms with Crippen molar-refractivity contribution in [2.24, 2.45) is 0 Å². The number of aromatic nitrogens is 3. The molecular formula is C11H19N3O. The minimum atomic E-state index is -0.0476. The molecule has 0 bridgehead atoms. The Balaban J connectivity index is 2.95. The Morgan fingerprint density at radius 2 is 1.53 bits per heavy atom. The van der Waals surface area contributed by atoms with E-state index in [-0.39, 0.29) is 6.10 Å². The van der Waals surface area contributed by atoms with Gasteiger partial charge in [0.15, 0.2) is 5.82 Å². The van der Waals surface area contributed by atoms with Crippen LogP contribution in [0.25, 0.3) is 0 Å². The van der Waals surface area contributed by atoms with Gasteiger partial charge in [-0.2, -0.15) is 0 Å². The number of rotatable bonds is 5. The molecule has 0 aliphatic heterocycles. The van der Waals surface area contributed by atoms with E-state index < -0.39 is 0 Å².